The number of alkyl halides is 1. The lowest BCUT2D eigenvalue weighted by molar-refractivity contribution is 0.456. The van der Waals surface area contributed by atoms with Crippen LogP contribution in [-0.4, -0.2) is 6.67 Å². The Morgan fingerprint density at radius 3 is 2.15 bits per heavy atom. The van der Waals surface area contributed by atoms with Crippen molar-refractivity contribution in [3.8, 4) is 0 Å². The van der Waals surface area contributed by atoms with Gasteiger partial charge in [0, 0.05) is 0 Å². The summed E-state index contributed by atoms with van der Waals surface area (Å²) in [4.78, 5) is 0. The number of rotatable bonds is 7. The van der Waals surface area contributed by atoms with Crippen LogP contribution in [0, 0.1) is 11.8 Å². The van der Waals surface area contributed by atoms with Crippen LogP contribution in [0.15, 0.2) is 12.2 Å². The van der Waals surface area contributed by atoms with Crippen LogP contribution < -0.4 is 0 Å². The summed E-state index contributed by atoms with van der Waals surface area (Å²) in [7, 11) is 0. The molecular weight excluding hydrogens is 163 g/mol. The molecule has 1 unspecified atom stereocenters. The van der Waals surface area contributed by atoms with Gasteiger partial charge in [0.2, 0.25) is 0 Å². The first kappa shape index (κ1) is 12.7. The van der Waals surface area contributed by atoms with Crippen LogP contribution in [0.3, 0.4) is 0 Å². The van der Waals surface area contributed by atoms with Gasteiger partial charge in [-0.2, -0.15) is 0 Å². The fraction of sp³-hybridized carbons (Fsp3) is 0.833. The predicted octanol–water partition coefficient (Wildman–Crippen LogP) is 4.36. The molecule has 0 aliphatic rings. The summed E-state index contributed by atoms with van der Waals surface area (Å²) in [5.41, 5.74) is 0.754. The highest BCUT2D eigenvalue weighted by Crippen LogP contribution is 2.18. The topological polar surface area (TPSA) is 0 Å². The molecule has 78 valence electrons. The van der Waals surface area contributed by atoms with E-state index >= 15 is 0 Å². The van der Waals surface area contributed by atoms with E-state index in [-0.39, 0.29) is 6.67 Å². The molecule has 0 aliphatic heterocycles. The Kier molecular flexibility index (Phi) is 6.93. The van der Waals surface area contributed by atoms with Gasteiger partial charge in [-0.25, -0.2) is 4.39 Å². The third-order valence-electron chi connectivity index (χ3n) is 2.54. The van der Waals surface area contributed by atoms with Crippen LogP contribution in [0.2, 0.25) is 0 Å². The van der Waals surface area contributed by atoms with E-state index in [0.717, 1.165) is 17.9 Å². The van der Waals surface area contributed by atoms with Gasteiger partial charge in [0.25, 0.3) is 0 Å². The second-order valence-corrected chi connectivity index (χ2v) is 4.37. The maximum absolute atomic E-state index is 12.2. The van der Waals surface area contributed by atoms with Crippen LogP contribution in [0.1, 0.15) is 46.5 Å². The van der Waals surface area contributed by atoms with E-state index in [9.17, 15) is 4.39 Å². The van der Waals surface area contributed by atoms with Crippen molar-refractivity contribution < 1.29 is 4.39 Å². The van der Waals surface area contributed by atoms with Gasteiger partial charge < -0.3 is 0 Å². The van der Waals surface area contributed by atoms with Gasteiger partial charge in [0.15, 0.2) is 0 Å². The fourth-order valence-electron chi connectivity index (χ4n) is 1.34. The van der Waals surface area contributed by atoms with Gasteiger partial charge in [-0.05, 0) is 23.8 Å². The first-order valence-corrected chi connectivity index (χ1v) is 5.31. The van der Waals surface area contributed by atoms with Crippen LogP contribution in [0.5, 0.6) is 0 Å². The van der Waals surface area contributed by atoms with E-state index in [0.29, 0.717) is 5.92 Å². The van der Waals surface area contributed by atoms with Crippen LogP contribution in [-0.2, 0) is 0 Å². The molecule has 1 heteroatoms. The molecule has 0 spiro atoms. The monoisotopic (exact) mass is 186 g/mol. The number of allylic oxidation sites excluding steroid dienone is 1. The number of hydrogen-bond acceptors (Lipinski definition) is 0. The molecule has 0 aliphatic carbocycles. The predicted molar refractivity (Wildman–Crippen MR) is 57.6 cm³/mol. The molecule has 0 aromatic heterocycles. The second kappa shape index (κ2) is 7.11. The van der Waals surface area contributed by atoms with Crippen molar-refractivity contribution in [2.45, 2.75) is 46.5 Å². The molecule has 0 fully saturated rings. The third kappa shape index (κ3) is 6.80. The molecule has 0 N–H and O–H groups in total. The molecular formula is C12H23F. The van der Waals surface area contributed by atoms with Gasteiger partial charge in [-0.15, -0.1) is 0 Å². The van der Waals surface area contributed by atoms with Gasteiger partial charge in [-0.3, -0.25) is 0 Å². The fourth-order valence-corrected chi connectivity index (χ4v) is 1.34. The maximum Gasteiger partial charge on any atom is 0.111 e. The average Bonchev–Trinajstić information content (AvgIpc) is 2.10. The van der Waals surface area contributed by atoms with Crippen molar-refractivity contribution >= 4 is 0 Å². The number of hydrogen-bond donors (Lipinski definition) is 0. The van der Waals surface area contributed by atoms with Gasteiger partial charge in [0.05, 0.1) is 0 Å². The van der Waals surface area contributed by atoms with Crippen molar-refractivity contribution in [1.82, 2.24) is 0 Å². The highest BCUT2D eigenvalue weighted by Gasteiger charge is 2.05. The van der Waals surface area contributed by atoms with Crippen molar-refractivity contribution in [3.05, 3.63) is 12.2 Å². The highest BCUT2D eigenvalue weighted by atomic mass is 19.1. The Bertz CT molecular complexity index is 138. The molecule has 0 aromatic carbocycles. The van der Waals surface area contributed by atoms with E-state index in [4.69, 9.17) is 0 Å². The van der Waals surface area contributed by atoms with Crippen LogP contribution in [0.4, 0.5) is 4.39 Å². The van der Waals surface area contributed by atoms with E-state index in [1.807, 2.05) is 0 Å². The zero-order valence-electron chi connectivity index (χ0n) is 9.28. The Hall–Kier alpha value is -0.330. The summed E-state index contributed by atoms with van der Waals surface area (Å²) < 4.78 is 12.2. The summed E-state index contributed by atoms with van der Waals surface area (Å²) in [5.74, 6) is 1.15. The molecule has 0 bridgehead atoms. The lowest BCUT2D eigenvalue weighted by Gasteiger charge is -2.11. The summed E-state index contributed by atoms with van der Waals surface area (Å²) in [5, 5.41) is 0. The van der Waals surface area contributed by atoms with Crippen LogP contribution in [0.25, 0.3) is 0 Å². The van der Waals surface area contributed by atoms with E-state index in [2.05, 4.69) is 27.4 Å². The van der Waals surface area contributed by atoms with Gasteiger partial charge in [0.1, 0.15) is 6.67 Å². The summed E-state index contributed by atoms with van der Waals surface area (Å²) in [6.07, 6.45) is 4.85. The quantitative estimate of drug-likeness (QED) is 0.409. The minimum Gasteiger partial charge on any atom is -0.246 e. The molecule has 0 nitrogen and oxygen atoms in total. The first-order chi connectivity index (χ1) is 6.07. The first-order valence-electron chi connectivity index (χ1n) is 5.31. The molecule has 0 amide bonds. The molecule has 0 heterocycles. The summed E-state index contributed by atoms with van der Waals surface area (Å²) in [6, 6.07) is 0. The Morgan fingerprint density at radius 2 is 1.69 bits per heavy atom. The Morgan fingerprint density at radius 1 is 1.15 bits per heavy atom. The van der Waals surface area contributed by atoms with Crippen molar-refractivity contribution in [2.75, 3.05) is 6.67 Å². The van der Waals surface area contributed by atoms with Crippen molar-refractivity contribution in [3.63, 3.8) is 0 Å². The Labute approximate surface area is 82.2 Å². The summed E-state index contributed by atoms with van der Waals surface area (Å²) >= 11 is 0. The van der Waals surface area contributed by atoms with E-state index in [1.54, 1.807) is 0 Å². The standard InChI is InChI=1S/C12H23F/c1-10(2)7-5-6-8-11(3)12(4)9-13/h10-11H,4-9H2,1-3H3. The van der Waals surface area contributed by atoms with Crippen molar-refractivity contribution in [2.24, 2.45) is 11.8 Å². The third-order valence-corrected chi connectivity index (χ3v) is 2.54. The van der Waals surface area contributed by atoms with Crippen molar-refractivity contribution in [1.29, 1.82) is 0 Å². The van der Waals surface area contributed by atoms with Gasteiger partial charge in [-0.1, -0.05) is 46.6 Å². The van der Waals surface area contributed by atoms with Crippen LogP contribution >= 0.6 is 0 Å². The Balaban J connectivity index is 3.37. The number of halogens is 1. The molecule has 0 rings (SSSR count). The number of unbranched alkanes of at least 4 members (excludes halogenated alkanes) is 1. The molecule has 0 radical (unpaired) electrons. The average molecular weight is 186 g/mol. The lowest BCUT2D eigenvalue weighted by atomic mass is 9.95. The lowest BCUT2D eigenvalue weighted by Crippen LogP contribution is -2.00. The molecule has 0 saturated heterocycles. The maximum atomic E-state index is 12.2. The van der Waals surface area contributed by atoms with E-state index in [1.165, 1.54) is 19.3 Å². The summed E-state index contributed by atoms with van der Waals surface area (Å²) in [6.45, 7) is 9.90. The molecule has 1 atom stereocenters. The second-order valence-electron chi connectivity index (χ2n) is 4.37. The van der Waals surface area contributed by atoms with Gasteiger partial charge >= 0.3 is 0 Å². The largest absolute Gasteiger partial charge is 0.246 e. The minimum absolute atomic E-state index is 0.356. The van der Waals surface area contributed by atoms with E-state index < -0.39 is 0 Å². The zero-order chi connectivity index (χ0) is 10.3. The highest BCUT2D eigenvalue weighted by molar-refractivity contribution is 4.98. The molecule has 0 aromatic rings. The molecule has 0 saturated carbocycles. The minimum atomic E-state index is -0.356. The smallest absolute Gasteiger partial charge is 0.111 e. The molecule has 13 heavy (non-hydrogen) atoms. The zero-order valence-corrected chi connectivity index (χ0v) is 9.28. The SMILES string of the molecule is C=C(CF)C(C)CCCCC(C)C. The normalized spacial score (nSPS) is 13.3.